The van der Waals surface area contributed by atoms with Crippen molar-refractivity contribution in [3.8, 4) is 5.75 Å². The smallest absolute Gasteiger partial charge is 0.255 e. The SMILES string of the molecule is Cc1cccn2cc(COc3ccccc3C(=O)NC(C)c3ccc(F)cc3)nc12. The van der Waals surface area contributed by atoms with Crippen LogP contribution in [-0.4, -0.2) is 15.3 Å². The van der Waals surface area contributed by atoms with E-state index in [0.29, 0.717) is 11.3 Å². The number of hydrogen-bond donors (Lipinski definition) is 1. The fourth-order valence-corrected chi connectivity index (χ4v) is 3.31. The van der Waals surface area contributed by atoms with Crippen LogP contribution in [-0.2, 0) is 6.61 Å². The molecule has 1 N–H and O–H groups in total. The summed E-state index contributed by atoms with van der Waals surface area (Å²) in [5.74, 6) is -0.0819. The largest absolute Gasteiger partial charge is 0.486 e. The number of fused-ring (bicyclic) bond motifs is 1. The molecule has 0 bridgehead atoms. The van der Waals surface area contributed by atoms with Crippen molar-refractivity contribution >= 4 is 11.6 Å². The average molecular weight is 403 g/mol. The van der Waals surface area contributed by atoms with E-state index in [-0.39, 0.29) is 24.4 Å². The molecule has 6 heteroatoms. The predicted molar refractivity (Wildman–Crippen MR) is 113 cm³/mol. The normalized spacial score (nSPS) is 12.0. The van der Waals surface area contributed by atoms with Crippen LogP contribution in [0, 0.1) is 12.7 Å². The van der Waals surface area contributed by atoms with Crippen LogP contribution in [0.25, 0.3) is 5.65 Å². The minimum atomic E-state index is -0.307. The van der Waals surface area contributed by atoms with Crippen molar-refractivity contribution in [2.45, 2.75) is 26.5 Å². The van der Waals surface area contributed by atoms with Gasteiger partial charge in [-0.2, -0.15) is 0 Å². The van der Waals surface area contributed by atoms with Gasteiger partial charge in [0.15, 0.2) is 0 Å². The zero-order valence-electron chi connectivity index (χ0n) is 16.8. The van der Waals surface area contributed by atoms with Crippen LogP contribution in [0.1, 0.15) is 40.1 Å². The summed E-state index contributed by atoms with van der Waals surface area (Å²) in [6.07, 6.45) is 3.86. The van der Waals surface area contributed by atoms with Crippen LogP contribution in [0.2, 0.25) is 0 Å². The Kier molecular flexibility index (Phi) is 5.48. The number of para-hydroxylation sites is 1. The van der Waals surface area contributed by atoms with Gasteiger partial charge in [0.2, 0.25) is 0 Å². The number of aromatic nitrogens is 2. The molecule has 0 fully saturated rings. The number of hydrogen-bond acceptors (Lipinski definition) is 3. The quantitative estimate of drug-likeness (QED) is 0.501. The van der Waals surface area contributed by atoms with E-state index in [0.717, 1.165) is 22.5 Å². The molecule has 5 nitrogen and oxygen atoms in total. The van der Waals surface area contributed by atoms with E-state index >= 15 is 0 Å². The Morgan fingerprint density at radius 2 is 1.90 bits per heavy atom. The summed E-state index contributed by atoms with van der Waals surface area (Å²) in [7, 11) is 0. The molecule has 0 aliphatic rings. The first-order valence-corrected chi connectivity index (χ1v) is 9.72. The number of nitrogens with one attached hydrogen (secondary N) is 1. The number of carbonyl (C=O) groups is 1. The van der Waals surface area contributed by atoms with Gasteiger partial charge < -0.3 is 14.5 Å². The molecule has 1 amide bonds. The van der Waals surface area contributed by atoms with Gasteiger partial charge in [-0.1, -0.05) is 30.3 Å². The molecule has 0 radical (unpaired) electrons. The van der Waals surface area contributed by atoms with E-state index in [1.807, 2.05) is 48.8 Å². The maximum atomic E-state index is 13.1. The molecule has 0 spiro atoms. The van der Waals surface area contributed by atoms with E-state index < -0.39 is 0 Å². The summed E-state index contributed by atoms with van der Waals surface area (Å²) < 4.78 is 21.0. The summed E-state index contributed by atoms with van der Waals surface area (Å²) in [6.45, 7) is 4.11. The van der Waals surface area contributed by atoms with E-state index in [4.69, 9.17) is 4.74 Å². The van der Waals surface area contributed by atoms with Crippen molar-refractivity contribution in [1.29, 1.82) is 0 Å². The van der Waals surface area contributed by atoms with Crippen molar-refractivity contribution in [3.05, 3.63) is 101 Å². The van der Waals surface area contributed by atoms with E-state index in [9.17, 15) is 9.18 Å². The second-order valence-electron chi connectivity index (χ2n) is 7.19. The third-order valence-electron chi connectivity index (χ3n) is 4.95. The second kappa shape index (κ2) is 8.37. The Morgan fingerprint density at radius 3 is 2.67 bits per heavy atom. The summed E-state index contributed by atoms with van der Waals surface area (Å²) in [5, 5.41) is 2.94. The summed E-state index contributed by atoms with van der Waals surface area (Å²) in [6, 6.07) is 16.9. The van der Waals surface area contributed by atoms with E-state index in [2.05, 4.69) is 10.3 Å². The minimum Gasteiger partial charge on any atom is -0.486 e. The Balaban J connectivity index is 1.48. The number of halogens is 1. The predicted octanol–water partition coefficient (Wildman–Crippen LogP) is 4.85. The standard InChI is InChI=1S/C24H22FN3O2/c1-16-6-5-13-28-14-20(27-23(16)28)15-30-22-8-4-3-7-21(22)24(29)26-17(2)18-9-11-19(25)12-10-18/h3-14,17H,15H2,1-2H3,(H,26,29). The Morgan fingerprint density at radius 1 is 1.13 bits per heavy atom. The van der Waals surface area contributed by atoms with Gasteiger partial charge in [-0.3, -0.25) is 4.79 Å². The molecule has 4 aromatic rings. The number of ether oxygens (including phenoxy) is 1. The lowest BCUT2D eigenvalue weighted by molar-refractivity contribution is 0.0935. The molecule has 1 atom stereocenters. The monoisotopic (exact) mass is 403 g/mol. The van der Waals surface area contributed by atoms with Gasteiger partial charge in [0, 0.05) is 12.4 Å². The van der Waals surface area contributed by atoms with Crippen LogP contribution < -0.4 is 10.1 Å². The van der Waals surface area contributed by atoms with E-state index in [1.165, 1.54) is 12.1 Å². The molecule has 0 saturated heterocycles. The third-order valence-corrected chi connectivity index (χ3v) is 4.95. The molecular weight excluding hydrogens is 381 g/mol. The molecule has 2 aromatic carbocycles. The molecule has 2 aromatic heterocycles. The number of aryl methyl sites for hydroxylation is 1. The lowest BCUT2D eigenvalue weighted by atomic mass is 10.1. The number of nitrogens with zero attached hydrogens (tertiary/aromatic N) is 2. The highest BCUT2D eigenvalue weighted by molar-refractivity contribution is 5.97. The molecule has 0 aliphatic heterocycles. The number of imidazole rings is 1. The van der Waals surface area contributed by atoms with Crippen LogP contribution in [0.15, 0.2) is 73.1 Å². The van der Waals surface area contributed by atoms with Gasteiger partial charge in [0.1, 0.15) is 23.8 Å². The third kappa shape index (κ3) is 4.17. The van der Waals surface area contributed by atoms with Crippen molar-refractivity contribution in [1.82, 2.24) is 14.7 Å². The summed E-state index contributed by atoms with van der Waals surface area (Å²) >= 11 is 0. The van der Waals surface area contributed by atoms with Gasteiger partial charge in [-0.15, -0.1) is 0 Å². The molecule has 1 unspecified atom stereocenters. The molecule has 0 aliphatic carbocycles. The van der Waals surface area contributed by atoms with Crippen molar-refractivity contribution < 1.29 is 13.9 Å². The van der Waals surface area contributed by atoms with Crippen LogP contribution in [0.4, 0.5) is 4.39 Å². The van der Waals surface area contributed by atoms with Crippen LogP contribution in [0.5, 0.6) is 5.75 Å². The molecular formula is C24H22FN3O2. The molecule has 0 saturated carbocycles. The first kappa shape index (κ1) is 19.6. The van der Waals surface area contributed by atoms with Gasteiger partial charge >= 0.3 is 0 Å². The highest BCUT2D eigenvalue weighted by atomic mass is 19.1. The zero-order valence-corrected chi connectivity index (χ0v) is 16.8. The topological polar surface area (TPSA) is 55.6 Å². The second-order valence-corrected chi connectivity index (χ2v) is 7.19. The molecule has 4 rings (SSSR count). The van der Waals surface area contributed by atoms with Gasteiger partial charge in [-0.25, -0.2) is 9.37 Å². The lowest BCUT2D eigenvalue weighted by Crippen LogP contribution is -2.27. The number of pyridine rings is 1. The number of carbonyl (C=O) groups excluding carboxylic acids is 1. The fourth-order valence-electron chi connectivity index (χ4n) is 3.31. The van der Waals surface area contributed by atoms with E-state index in [1.54, 1.807) is 30.3 Å². The van der Waals surface area contributed by atoms with Crippen molar-refractivity contribution in [3.63, 3.8) is 0 Å². The van der Waals surface area contributed by atoms with Crippen molar-refractivity contribution in [2.75, 3.05) is 0 Å². The Bertz CT molecular complexity index is 1180. The average Bonchev–Trinajstić information content (AvgIpc) is 3.17. The van der Waals surface area contributed by atoms with Crippen molar-refractivity contribution in [2.24, 2.45) is 0 Å². The summed E-state index contributed by atoms with van der Waals surface area (Å²) in [4.78, 5) is 17.4. The maximum absolute atomic E-state index is 13.1. The molecule has 30 heavy (non-hydrogen) atoms. The highest BCUT2D eigenvalue weighted by Gasteiger charge is 2.16. The zero-order chi connectivity index (χ0) is 21.1. The van der Waals surface area contributed by atoms with Gasteiger partial charge in [0.05, 0.1) is 17.3 Å². The Labute approximate surface area is 174 Å². The lowest BCUT2D eigenvalue weighted by Gasteiger charge is -2.16. The molecule has 2 heterocycles. The maximum Gasteiger partial charge on any atom is 0.255 e. The first-order chi connectivity index (χ1) is 14.5. The minimum absolute atomic E-state index is 0.249. The Hall–Kier alpha value is -3.67. The van der Waals surface area contributed by atoms with Gasteiger partial charge in [-0.05, 0) is 55.3 Å². The molecule has 152 valence electrons. The highest BCUT2D eigenvalue weighted by Crippen LogP contribution is 2.21. The first-order valence-electron chi connectivity index (χ1n) is 9.72. The van der Waals surface area contributed by atoms with Gasteiger partial charge in [0.25, 0.3) is 5.91 Å². The summed E-state index contributed by atoms with van der Waals surface area (Å²) in [5.41, 5.74) is 4.00. The number of benzene rings is 2. The number of rotatable bonds is 6. The number of amides is 1. The van der Waals surface area contributed by atoms with Crippen LogP contribution >= 0.6 is 0 Å². The van der Waals surface area contributed by atoms with Crippen LogP contribution in [0.3, 0.4) is 0 Å². The fraction of sp³-hybridized carbons (Fsp3) is 0.167.